The number of nitrogens with one attached hydrogen (secondary N) is 2. The largest absolute Gasteiger partial charge is 0.307 e. The molecule has 0 radical (unpaired) electrons. The molecule has 1 aromatic heterocycles. The second kappa shape index (κ2) is 5.14. The summed E-state index contributed by atoms with van der Waals surface area (Å²) >= 11 is 0. The van der Waals surface area contributed by atoms with E-state index in [2.05, 4.69) is 20.5 Å². The van der Waals surface area contributed by atoms with Crippen LogP contribution in [-0.4, -0.2) is 21.7 Å². The van der Waals surface area contributed by atoms with Gasteiger partial charge in [-0.2, -0.15) is 5.10 Å². The van der Waals surface area contributed by atoms with E-state index in [4.69, 9.17) is 0 Å². The maximum atomic E-state index is 4.53. The molecule has 1 saturated heterocycles. The molecule has 1 saturated carbocycles. The van der Waals surface area contributed by atoms with Crippen molar-refractivity contribution in [3.63, 3.8) is 0 Å². The fraction of sp³-hybridized carbons (Fsp3) is 0.778. The standard InChI is InChI=1S/C9H14N4.2ClH/c1-2-7(10-5-1)9-11-8(12-13-9)6-3-4-6;;/h6-7,10H,1-5H2,(H,11,12,13);2*1H/t7-;;/m0../s1. The Morgan fingerprint density at radius 3 is 2.53 bits per heavy atom. The van der Waals surface area contributed by atoms with Gasteiger partial charge in [-0.15, -0.1) is 24.8 Å². The van der Waals surface area contributed by atoms with E-state index in [0.29, 0.717) is 12.0 Å². The summed E-state index contributed by atoms with van der Waals surface area (Å²) in [5.41, 5.74) is 0. The first-order valence-corrected chi connectivity index (χ1v) is 5.09. The van der Waals surface area contributed by atoms with Gasteiger partial charge in [0.1, 0.15) is 5.82 Å². The molecule has 3 rings (SSSR count). The molecule has 15 heavy (non-hydrogen) atoms. The van der Waals surface area contributed by atoms with Crippen LogP contribution >= 0.6 is 24.8 Å². The Morgan fingerprint density at radius 1 is 1.13 bits per heavy atom. The summed E-state index contributed by atoms with van der Waals surface area (Å²) in [6.07, 6.45) is 4.99. The van der Waals surface area contributed by atoms with E-state index in [9.17, 15) is 0 Å². The SMILES string of the molecule is C1CN[C@H](c2nc(C3CC3)n[nH]2)C1.Cl.Cl. The summed E-state index contributed by atoms with van der Waals surface area (Å²) in [6, 6.07) is 0.431. The summed E-state index contributed by atoms with van der Waals surface area (Å²) in [5, 5.41) is 10.7. The van der Waals surface area contributed by atoms with E-state index in [0.717, 1.165) is 18.2 Å². The lowest BCUT2D eigenvalue weighted by Crippen LogP contribution is -2.14. The van der Waals surface area contributed by atoms with Crippen LogP contribution in [0.25, 0.3) is 0 Å². The topological polar surface area (TPSA) is 53.6 Å². The van der Waals surface area contributed by atoms with E-state index < -0.39 is 0 Å². The highest BCUT2D eigenvalue weighted by molar-refractivity contribution is 5.85. The lowest BCUT2D eigenvalue weighted by Gasteiger charge is -2.03. The maximum Gasteiger partial charge on any atom is 0.153 e. The van der Waals surface area contributed by atoms with Crippen LogP contribution in [0.3, 0.4) is 0 Å². The quantitative estimate of drug-likeness (QED) is 0.844. The molecule has 0 bridgehead atoms. The number of aromatic nitrogens is 3. The average molecular weight is 251 g/mol. The van der Waals surface area contributed by atoms with Gasteiger partial charge in [0.05, 0.1) is 6.04 Å². The number of hydrogen-bond donors (Lipinski definition) is 2. The summed E-state index contributed by atoms with van der Waals surface area (Å²) in [5.74, 6) is 2.73. The van der Waals surface area contributed by atoms with Gasteiger partial charge in [-0.25, -0.2) is 4.98 Å². The van der Waals surface area contributed by atoms with Gasteiger partial charge in [0.15, 0.2) is 5.82 Å². The molecule has 1 aliphatic carbocycles. The number of halogens is 2. The Hall–Kier alpha value is -0.320. The van der Waals surface area contributed by atoms with Crippen molar-refractivity contribution in [1.82, 2.24) is 20.5 Å². The fourth-order valence-corrected chi connectivity index (χ4v) is 1.89. The molecule has 1 aromatic rings. The molecular formula is C9H16Cl2N4. The summed E-state index contributed by atoms with van der Waals surface area (Å²) in [7, 11) is 0. The molecule has 1 aliphatic heterocycles. The predicted octanol–water partition coefficient (Wildman–Crippen LogP) is 1.95. The van der Waals surface area contributed by atoms with Crippen molar-refractivity contribution in [3.8, 4) is 0 Å². The van der Waals surface area contributed by atoms with Crippen LogP contribution in [-0.2, 0) is 0 Å². The van der Waals surface area contributed by atoms with Crippen molar-refractivity contribution in [1.29, 1.82) is 0 Å². The van der Waals surface area contributed by atoms with Crippen molar-refractivity contribution in [3.05, 3.63) is 11.6 Å². The van der Waals surface area contributed by atoms with E-state index >= 15 is 0 Å². The molecule has 0 spiro atoms. The molecule has 2 fully saturated rings. The monoisotopic (exact) mass is 250 g/mol. The third-order valence-corrected chi connectivity index (χ3v) is 2.85. The Bertz CT molecular complexity index is 305. The molecule has 0 amide bonds. The third kappa shape index (κ3) is 2.62. The molecule has 86 valence electrons. The lowest BCUT2D eigenvalue weighted by molar-refractivity contribution is 0.607. The number of rotatable bonds is 2. The number of hydrogen-bond acceptors (Lipinski definition) is 3. The Morgan fingerprint density at radius 2 is 1.93 bits per heavy atom. The van der Waals surface area contributed by atoms with Crippen molar-refractivity contribution in [2.75, 3.05) is 6.54 Å². The van der Waals surface area contributed by atoms with Crippen LogP contribution in [0.1, 0.15) is 49.3 Å². The second-order valence-electron chi connectivity index (χ2n) is 4.00. The number of nitrogens with zero attached hydrogens (tertiary/aromatic N) is 2. The van der Waals surface area contributed by atoms with Crippen LogP contribution in [0.5, 0.6) is 0 Å². The van der Waals surface area contributed by atoms with E-state index in [1.807, 2.05) is 0 Å². The smallest absolute Gasteiger partial charge is 0.153 e. The highest BCUT2D eigenvalue weighted by atomic mass is 35.5. The zero-order valence-electron chi connectivity index (χ0n) is 8.40. The van der Waals surface area contributed by atoms with Gasteiger partial charge in [-0.3, -0.25) is 5.10 Å². The van der Waals surface area contributed by atoms with Crippen LogP contribution in [0, 0.1) is 0 Å². The van der Waals surface area contributed by atoms with Gasteiger partial charge in [-0.1, -0.05) is 0 Å². The first-order valence-electron chi connectivity index (χ1n) is 5.09. The van der Waals surface area contributed by atoms with Gasteiger partial charge in [0.25, 0.3) is 0 Å². The normalized spacial score (nSPS) is 24.4. The Balaban J connectivity index is 0.000000562. The Kier molecular flexibility index (Phi) is 4.37. The highest BCUT2D eigenvalue weighted by Gasteiger charge is 2.29. The van der Waals surface area contributed by atoms with Crippen molar-refractivity contribution >= 4 is 24.8 Å². The minimum absolute atomic E-state index is 0. The van der Waals surface area contributed by atoms with Crippen LogP contribution in [0.4, 0.5) is 0 Å². The van der Waals surface area contributed by atoms with Gasteiger partial charge >= 0.3 is 0 Å². The molecule has 0 unspecified atom stereocenters. The molecule has 2 aliphatic rings. The van der Waals surface area contributed by atoms with E-state index in [1.165, 1.54) is 25.7 Å². The first-order chi connectivity index (χ1) is 6.43. The predicted molar refractivity (Wildman–Crippen MR) is 62.8 cm³/mol. The first kappa shape index (κ1) is 12.7. The summed E-state index contributed by atoms with van der Waals surface area (Å²) in [4.78, 5) is 4.53. The van der Waals surface area contributed by atoms with Crippen LogP contribution in [0.15, 0.2) is 0 Å². The minimum atomic E-state index is 0. The molecule has 0 aromatic carbocycles. The molecule has 4 nitrogen and oxygen atoms in total. The number of aromatic amines is 1. The zero-order chi connectivity index (χ0) is 8.67. The lowest BCUT2D eigenvalue weighted by atomic mass is 10.2. The van der Waals surface area contributed by atoms with Gasteiger partial charge in [-0.05, 0) is 32.2 Å². The van der Waals surface area contributed by atoms with Crippen molar-refractivity contribution < 1.29 is 0 Å². The van der Waals surface area contributed by atoms with E-state index in [-0.39, 0.29) is 24.8 Å². The molecule has 2 N–H and O–H groups in total. The minimum Gasteiger partial charge on any atom is -0.307 e. The molecule has 1 atom stereocenters. The van der Waals surface area contributed by atoms with Crippen LogP contribution in [0.2, 0.25) is 0 Å². The van der Waals surface area contributed by atoms with Gasteiger partial charge < -0.3 is 5.32 Å². The summed E-state index contributed by atoms with van der Waals surface area (Å²) < 4.78 is 0. The van der Waals surface area contributed by atoms with Gasteiger partial charge in [0, 0.05) is 5.92 Å². The fourth-order valence-electron chi connectivity index (χ4n) is 1.89. The van der Waals surface area contributed by atoms with E-state index in [1.54, 1.807) is 0 Å². The molecule has 6 heteroatoms. The third-order valence-electron chi connectivity index (χ3n) is 2.85. The number of H-pyrrole nitrogens is 1. The highest BCUT2D eigenvalue weighted by Crippen LogP contribution is 2.38. The molecular weight excluding hydrogens is 235 g/mol. The maximum absolute atomic E-state index is 4.53. The van der Waals surface area contributed by atoms with Crippen molar-refractivity contribution in [2.24, 2.45) is 0 Å². The average Bonchev–Trinajstić information content (AvgIpc) is 2.72. The Labute approximate surface area is 101 Å². The second-order valence-corrected chi connectivity index (χ2v) is 4.00. The molecule has 2 heterocycles. The van der Waals surface area contributed by atoms with Crippen LogP contribution < -0.4 is 5.32 Å². The zero-order valence-corrected chi connectivity index (χ0v) is 10.0. The van der Waals surface area contributed by atoms with Crippen molar-refractivity contribution in [2.45, 2.75) is 37.6 Å². The van der Waals surface area contributed by atoms with Gasteiger partial charge in [0.2, 0.25) is 0 Å². The summed E-state index contributed by atoms with van der Waals surface area (Å²) in [6.45, 7) is 1.12.